The predicted octanol–water partition coefficient (Wildman–Crippen LogP) is 2.09. The minimum Gasteiger partial charge on any atom is -0.481 e. The highest BCUT2D eigenvalue weighted by molar-refractivity contribution is 5.67. The standard InChI is InChI=1S/C7H15NO2.C7H12O4/c8-6-4-2-1-3-5-7(9)10;8-6(9)4-2-1-3-5-7(10)11/h1-6,8H2,(H,9,10);1-5H2,(H,8,9)(H,10,11). The van der Waals surface area contributed by atoms with Crippen molar-refractivity contribution < 1.29 is 29.7 Å². The smallest absolute Gasteiger partial charge is 0.303 e. The second kappa shape index (κ2) is 16.4. The summed E-state index contributed by atoms with van der Waals surface area (Å²) >= 11 is 0. The molecule has 0 aliphatic heterocycles. The highest BCUT2D eigenvalue weighted by Crippen LogP contribution is 2.02. The molecule has 0 atom stereocenters. The lowest BCUT2D eigenvalue weighted by Gasteiger charge is -1.95. The van der Waals surface area contributed by atoms with E-state index in [4.69, 9.17) is 21.1 Å². The van der Waals surface area contributed by atoms with Gasteiger partial charge in [0.05, 0.1) is 0 Å². The molecule has 0 bridgehead atoms. The van der Waals surface area contributed by atoms with Crippen LogP contribution in [-0.2, 0) is 14.4 Å². The van der Waals surface area contributed by atoms with Gasteiger partial charge in [-0.15, -0.1) is 0 Å². The van der Waals surface area contributed by atoms with Gasteiger partial charge in [0.15, 0.2) is 0 Å². The molecule has 0 aromatic carbocycles. The average molecular weight is 305 g/mol. The first-order valence-corrected chi connectivity index (χ1v) is 7.25. The van der Waals surface area contributed by atoms with Gasteiger partial charge >= 0.3 is 17.9 Å². The molecule has 0 fully saturated rings. The Morgan fingerprint density at radius 2 is 0.857 bits per heavy atom. The van der Waals surface area contributed by atoms with Crippen molar-refractivity contribution in [2.75, 3.05) is 6.54 Å². The van der Waals surface area contributed by atoms with Crippen molar-refractivity contribution in [1.82, 2.24) is 0 Å². The van der Waals surface area contributed by atoms with Crippen molar-refractivity contribution in [1.29, 1.82) is 0 Å². The maximum Gasteiger partial charge on any atom is 0.303 e. The molecule has 0 spiro atoms. The Bertz CT molecular complexity index is 277. The van der Waals surface area contributed by atoms with E-state index in [1.54, 1.807) is 0 Å². The quantitative estimate of drug-likeness (QED) is 0.405. The first kappa shape index (κ1) is 21.7. The van der Waals surface area contributed by atoms with Crippen LogP contribution in [0.4, 0.5) is 0 Å². The molecular weight excluding hydrogens is 278 g/mol. The molecule has 0 aromatic rings. The summed E-state index contributed by atoms with van der Waals surface area (Å²) in [5.74, 6) is -2.34. The van der Waals surface area contributed by atoms with E-state index in [1.165, 1.54) is 0 Å². The van der Waals surface area contributed by atoms with E-state index >= 15 is 0 Å². The van der Waals surface area contributed by atoms with Gasteiger partial charge in [0.25, 0.3) is 0 Å². The monoisotopic (exact) mass is 305 g/mol. The Kier molecular flexibility index (Phi) is 16.9. The lowest BCUT2D eigenvalue weighted by molar-refractivity contribution is -0.138. The molecule has 7 heteroatoms. The number of carbonyl (C=O) groups is 3. The number of rotatable bonds is 12. The van der Waals surface area contributed by atoms with Gasteiger partial charge in [0.1, 0.15) is 0 Å². The Morgan fingerprint density at radius 3 is 1.14 bits per heavy atom. The number of aliphatic carboxylic acids is 3. The molecule has 124 valence electrons. The van der Waals surface area contributed by atoms with Crippen molar-refractivity contribution in [2.45, 2.75) is 64.2 Å². The molecule has 0 aromatic heterocycles. The summed E-state index contributed by atoms with van der Waals surface area (Å²) in [6.07, 6.45) is 6.25. The second-order valence-electron chi connectivity index (χ2n) is 4.69. The van der Waals surface area contributed by atoms with Gasteiger partial charge in [-0.25, -0.2) is 0 Å². The molecule has 0 unspecified atom stereocenters. The molecule has 21 heavy (non-hydrogen) atoms. The summed E-state index contributed by atoms with van der Waals surface area (Å²) in [6, 6.07) is 0. The maximum absolute atomic E-state index is 10.0. The van der Waals surface area contributed by atoms with Crippen LogP contribution in [0.2, 0.25) is 0 Å². The third kappa shape index (κ3) is 27.5. The largest absolute Gasteiger partial charge is 0.481 e. The SMILES string of the molecule is NCCCCCCC(=O)O.O=C(O)CCCCCC(=O)O. The van der Waals surface area contributed by atoms with Gasteiger partial charge in [-0.05, 0) is 32.2 Å². The van der Waals surface area contributed by atoms with Crippen LogP contribution in [0, 0.1) is 0 Å². The zero-order valence-electron chi connectivity index (χ0n) is 12.4. The Morgan fingerprint density at radius 1 is 0.571 bits per heavy atom. The number of unbranched alkanes of at least 4 members (excludes halogenated alkanes) is 5. The van der Waals surface area contributed by atoms with Crippen molar-refractivity contribution in [3.05, 3.63) is 0 Å². The maximum atomic E-state index is 10.0. The minimum absolute atomic E-state index is 0.139. The molecule has 0 rings (SSSR count). The van der Waals surface area contributed by atoms with Crippen molar-refractivity contribution in [2.24, 2.45) is 5.73 Å². The number of hydrogen-bond donors (Lipinski definition) is 4. The fourth-order valence-electron chi connectivity index (χ4n) is 1.50. The van der Waals surface area contributed by atoms with Gasteiger partial charge in [-0.2, -0.15) is 0 Å². The van der Waals surface area contributed by atoms with Crippen LogP contribution in [0.1, 0.15) is 64.2 Å². The normalized spacial score (nSPS) is 9.57. The molecule has 0 radical (unpaired) electrons. The first-order chi connectivity index (χ1) is 9.90. The Hall–Kier alpha value is -1.63. The van der Waals surface area contributed by atoms with Crippen LogP contribution in [0.25, 0.3) is 0 Å². The van der Waals surface area contributed by atoms with Gasteiger partial charge in [-0.3, -0.25) is 14.4 Å². The van der Waals surface area contributed by atoms with Crippen LogP contribution >= 0.6 is 0 Å². The molecule has 0 aliphatic rings. The van der Waals surface area contributed by atoms with Crippen LogP contribution in [0.3, 0.4) is 0 Å². The molecule has 0 amide bonds. The fourth-order valence-corrected chi connectivity index (χ4v) is 1.50. The van der Waals surface area contributed by atoms with E-state index < -0.39 is 17.9 Å². The van der Waals surface area contributed by atoms with Crippen LogP contribution in [0.15, 0.2) is 0 Å². The highest BCUT2D eigenvalue weighted by atomic mass is 16.4. The molecular formula is C14H27NO6. The average Bonchev–Trinajstić information content (AvgIpc) is 2.38. The van der Waals surface area contributed by atoms with E-state index in [0.717, 1.165) is 25.7 Å². The van der Waals surface area contributed by atoms with Crippen molar-refractivity contribution in [3.8, 4) is 0 Å². The zero-order valence-corrected chi connectivity index (χ0v) is 12.4. The van der Waals surface area contributed by atoms with E-state index in [-0.39, 0.29) is 12.8 Å². The van der Waals surface area contributed by atoms with E-state index in [2.05, 4.69) is 0 Å². The lowest BCUT2D eigenvalue weighted by atomic mass is 10.1. The molecule has 0 saturated carbocycles. The summed E-state index contributed by atoms with van der Waals surface area (Å²) < 4.78 is 0. The summed E-state index contributed by atoms with van der Waals surface area (Å²) in [5, 5.41) is 24.7. The molecule has 0 saturated heterocycles. The topological polar surface area (TPSA) is 138 Å². The summed E-state index contributed by atoms with van der Waals surface area (Å²) in [4.78, 5) is 30.0. The zero-order chi connectivity index (χ0) is 16.5. The van der Waals surface area contributed by atoms with Crippen molar-refractivity contribution >= 4 is 17.9 Å². The molecule has 0 aliphatic carbocycles. The number of carboxylic acids is 3. The molecule has 5 N–H and O–H groups in total. The van der Waals surface area contributed by atoms with Crippen LogP contribution in [0.5, 0.6) is 0 Å². The summed E-state index contributed by atoms with van der Waals surface area (Å²) in [7, 11) is 0. The number of nitrogens with two attached hydrogens (primary N) is 1. The summed E-state index contributed by atoms with van der Waals surface area (Å²) in [6.45, 7) is 0.715. The first-order valence-electron chi connectivity index (χ1n) is 7.25. The van der Waals surface area contributed by atoms with Crippen LogP contribution in [-0.4, -0.2) is 39.8 Å². The van der Waals surface area contributed by atoms with Gasteiger partial charge in [-0.1, -0.05) is 19.3 Å². The molecule has 0 heterocycles. The summed E-state index contributed by atoms with van der Waals surface area (Å²) in [5.41, 5.74) is 5.25. The number of carboxylic acid groups (broad SMARTS) is 3. The Labute approximate surface area is 125 Å². The fraction of sp³-hybridized carbons (Fsp3) is 0.786. The number of hydrogen-bond acceptors (Lipinski definition) is 4. The van der Waals surface area contributed by atoms with Gasteiger partial charge < -0.3 is 21.1 Å². The third-order valence-electron chi connectivity index (χ3n) is 2.63. The van der Waals surface area contributed by atoms with E-state index in [1.807, 2.05) is 0 Å². The van der Waals surface area contributed by atoms with Crippen LogP contribution < -0.4 is 5.73 Å². The highest BCUT2D eigenvalue weighted by Gasteiger charge is 1.98. The molecule has 7 nitrogen and oxygen atoms in total. The minimum atomic E-state index is -0.819. The second-order valence-corrected chi connectivity index (χ2v) is 4.69. The van der Waals surface area contributed by atoms with Gasteiger partial charge in [0.2, 0.25) is 0 Å². The lowest BCUT2D eigenvalue weighted by Crippen LogP contribution is -1.98. The van der Waals surface area contributed by atoms with Gasteiger partial charge in [0, 0.05) is 19.3 Å². The Balaban J connectivity index is 0. The third-order valence-corrected chi connectivity index (χ3v) is 2.63. The van der Waals surface area contributed by atoms with Crippen molar-refractivity contribution in [3.63, 3.8) is 0 Å². The van der Waals surface area contributed by atoms with E-state index in [9.17, 15) is 14.4 Å². The van der Waals surface area contributed by atoms with E-state index in [0.29, 0.717) is 32.2 Å². The predicted molar refractivity (Wildman–Crippen MR) is 78.1 cm³/mol.